The molecule has 0 aromatic heterocycles. The van der Waals surface area contributed by atoms with Gasteiger partial charge in [0.15, 0.2) is 18.5 Å². The molecule has 0 spiro atoms. The Balaban J connectivity index is 1.72. The van der Waals surface area contributed by atoms with E-state index in [0.29, 0.717) is 5.56 Å². The van der Waals surface area contributed by atoms with Crippen LogP contribution in [0.2, 0.25) is 0 Å². The molecule has 2 aromatic carbocycles. The summed E-state index contributed by atoms with van der Waals surface area (Å²) in [7, 11) is 0. The van der Waals surface area contributed by atoms with E-state index < -0.39 is 61.1 Å². The summed E-state index contributed by atoms with van der Waals surface area (Å²) < 4.78 is 16.9. The number of aliphatic hydroxyl groups is 4. The molecule has 11 nitrogen and oxygen atoms in total. The van der Waals surface area contributed by atoms with E-state index in [1.807, 2.05) is 0 Å². The smallest absolute Gasteiger partial charge is 0.203 e. The zero-order valence-electron chi connectivity index (χ0n) is 16.5. The Labute approximate surface area is 181 Å². The zero-order chi connectivity index (χ0) is 23.2. The fourth-order valence-electron chi connectivity index (χ4n) is 3.77. The third-order valence-electron chi connectivity index (χ3n) is 5.45. The normalized spacial score (nSPS) is 32.2. The molecule has 2 aliphatic heterocycles. The summed E-state index contributed by atoms with van der Waals surface area (Å²) in [5, 5.41) is 69.2. The first-order valence-electron chi connectivity index (χ1n) is 9.73. The number of hydrogen-bond acceptors (Lipinski definition) is 11. The predicted octanol–water partition coefficient (Wildman–Crippen LogP) is -0.695. The molecule has 0 unspecified atom stereocenters. The SMILES string of the molecule is O=C1c2c(O)cc(O)cc2O[C@H](c2ccc(O)cc2)[C@@H]1O[C@@H]1O[C@H](CO)[C@@H](O)[C@H](O)[C@H]1O. The van der Waals surface area contributed by atoms with Crippen molar-refractivity contribution in [2.24, 2.45) is 0 Å². The van der Waals surface area contributed by atoms with E-state index in [2.05, 4.69) is 0 Å². The average Bonchev–Trinajstić information content (AvgIpc) is 2.75. The van der Waals surface area contributed by atoms with E-state index in [4.69, 9.17) is 14.2 Å². The van der Waals surface area contributed by atoms with Gasteiger partial charge in [0.05, 0.1) is 6.61 Å². The molecule has 32 heavy (non-hydrogen) atoms. The van der Waals surface area contributed by atoms with Crippen molar-refractivity contribution in [1.29, 1.82) is 0 Å². The lowest BCUT2D eigenvalue weighted by Crippen LogP contribution is -2.60. The Morgan fingerprint density at radius 2 is 1.59 bits per heavy atom. The van der Waals surface area contributed by atoms with Crippen LogP contribution in [0.25, 0.3) is 0 Å². The number of aliphatic hydroxyl groups excluding tert-OH is 4. The van der Waals surface area contributed by atoms with Gasteiger partial charge in [-0.2, -0.15) is 0 Å². The van der Waals surface area contributed by atoms with Crippen molar-refractivity contribution in [1.82, 2.24) is 0 Å². The highest BCUT2D eigenvalue weighted by molar-refractivity contribution is 6.05. The van der Waals surface area contributed by atoms with Crippen LogP contribution in [0.5, 0.6) is 23.0 Å². The van der Waals surface area contributed by atoms with Crippen LogP contribution in [0.3, 0.4) is 0 Å². The van der Waals surface area contributed by atoms with E-state index in [1.165, 1.54) is 24.3 Å². The van der Waals surface area contributed by atoms with Gasteiger partial charge in [-0.25, -0.2) is 0 Å². The molecule has 0 bridgehead atoms. The van der Waals surface area contributed by atoms with Crippen LogP contribution in [-0.4, -0.2) is 84.9 Å². The largest absolute Gasteiger partial charge is 0.508 e. The highest BCUT2D eigenvalue weighted by Crippen LogP contribution is 2.43. The summed E-state index contributed by atoms with van der Waals surface area (Å²) in [6, 6.07) is 7.72. The van der Waals surface area contributed by atoms with Gasteiger partial charge >= 0.3 is 0 Å². The molecular weight excluding hydrogens is 428 g/mol. The Morgan fingerprint density at radius 3 is 2.25 bits per heavy atom. The van der Waals surface area contributed by atoms with Gasteiger partial charge in [0.2, 0.25) is 5.78 Å². The van der Waals surface area contributed by atoms with Crippen molar-refractivity contribution in [3.8, 4) is 23.0 Å². The standard InChI is InChI=1S/C21H22O11/c22-7-13-15(26)17(28)18(29)21(31-13)32-20-16(27)14-11(25)5-10(24)6-12(14)30-19(20)8-1-3-9(23)4-2-8/h1-6,13,15,17-26,28-29H,7H2/t13-,15-,17+,18-,19-,20-,21+/m1/s1. The average molecular weight is 450 g/mol. The third kappa shape index (κ3) is 3.86. The second-order valence-electron chi connectivity index (χ2n) is 7.59. The minimum Gasteiger partial charge on any atom is -0.508 e. The van der Waals surface area contributed by atoms with E-state index >= 15 is 0 Å². The first-order valence-corrected chi connectivity index (χ1v) is 9.73. The van der Waals surface area contributed by atoms with Gasteiger partial charge < -0.3 is 50.0 Å². The maximum Gasteiger partial charge on any atom is 0.203 e. The second-order valence-corrected chi connectivity index (χ2v) is 7.59. The number of ether oxygens (including phenoxy) is 3. The van der Waals surface area contributed by atoms with Crippen LogP contribution in [0.1, 0.15) is 22.0 Å². The minimum absolute atomic E-state index is 0.0435. The fraction of sp³-hybridized carbons (Fsp3) is 0.381. The van der Waals surface area contributed by atoms with Crippen LogP contribution < -0.4 is 4.74 Å². The van der Waals surface area contributed by atoms with Crippen molar-refractivity contribution >= 4 is 5.78 Å². The quantitative estimate of drug-likeness (QED) is 0.312. The number of phenolic OH excluding ortho intramolecular Hbond substituents is 3. The summed E-state index contributed by atoms with van der Waals surface area (Å²) in [5.74, 6) is -1.82. The molecule has 2 aliphatic rings. The van der Waals surface area contributed by atoms with Crippen molar-refractivity contribution < 1.29 is 54.8 Å². The number of fused-ring (bicyclic) bond motifs is 1. The van der Waals surface area contributed by atoms with Crippen LogP contribution in [0.15, 0.2) is 36.4 Å². The zero-order valence-corrected chi connectivity index (χ0v) is 16.5. The molecule has 4 rings (SSSR count). The Morgan fingerprint density at radius 1 is 0.906 bits per heavy atom. The number of phenols is 3. The first-order chi connectivity index (χ1) is 15.2. The Kier molecular flexibility index (Phi) is 5.95. The maximum atomic E-state index is 13.3. The number of benzene rings is 2. The molecule has 11 heteroatoms. The van der Waals surface area contributed by atoms with Crippen LogP contribution >= 0.6 is 0 Å². The summed E-state index contributed by atoms with van der Waals surface area (Å²) in [6.07, 6.45) is -10.7. The number of rotatable bonds is 4. The first kappa shape index (κ1) is 22.3. The van der Waals surface area contributed by atoms with E-state index in [-0.39, 0.29) is 22.8 Å². The van der Waals surface area contributed by atoms with Gasteiger partial charge in [0.25, 0.3) is 0 Å². The predicted molar refractivity (Wildman–Crippen MR) is 104 cm³/mol. The molecule has 2 aromatic rings. The molecule has 1 fully saturated rings. The Bertz CT molecular complexity index is 990. The van der Waals surface area contributed by atoms with Gasteiger partial charge in [-0.1, -0.05) is 12.1 Å². The molecule has 7 atom stereocenters. The number of Topliss-reactive ketones (excluding diaryl/α,β-unsaturated/α-hetero) is 1. The van der Waals surface area contributed by atoms with Crippen molar-refractivity contribution in [3.63, 3.8) is 0 Å². The molecule has 0 radical (unpaired) electrons. The lowest BCUT2D eigenvalue weighted by molar-refractivity contribution is -0.311. The van der Waals surface area contributed by atoms with Crippen LogP contribution in [-0.2, 0) is 9.47 Å². The molecule has 172 valence electrons. The van der Waals surface area contributed by atoms with Gasteiger partial charge in [-0.3, -0.25) is 4.79 Å². The lowest BCUT2D eigenvalue weighted by atomic mass is 9.92. The topological polar surface area (TPSA) is 186 Å². The lowest BCUT2D eigenvalue weighted by Gasteiger charge is -2.42. The summed E-state index contributed by atoms with van der Waals surface area (Å²) in [4.78, 5) is 13.3. The van der Waals surface area contributed by atoms with Crippen LogP contribution in [0.4, 0.5) is 0 Å². The van der Waals surface area contributed by atoms with Gasteiger partial charge in [-0.05, 0) is 17.7 Å². The minimum atomic E-state index is -1.77. The van der Waals surface area contributed by atoms with Gasteiger partial charge in [-0.15, -0.1) is 0 Å². The number of ketones is 1. The summed E-state index contributed by atoms with van der Waals surface area (Å²) in [6.45, 7) is -0.690. The highest BCUT2D eigenvalue weighted by atomic mass is 16.7. The summed E-state index contributed by atoms with van der Waals surface area (Å²) >= 11 is 0. The van der Waals surface area contributed by atoms with Crippen molar-refractivity contribution in [2.45, 2.75) is 42.9 Å². The summed E-state index contributed by atoms with van der Waals surface area (Å²) in [5.41, 5.74) is 0.103. The Hall–Kier alpha value is -2.93. The third-order valence-corrected chi connectivity index (χ3v) is 5.45. The molecule has 0 saturated carbocycles. The molecule has 1 saturated heterocycles. The van der Waals surface area contributed by atoms with Gasteiger partial charge in [0, 0.05) is 12.1 Å². The molecule has 2 heterocycles. The van der Waals surface area contributed by atoms with E-state index in [1.54, 1.807) is 0 Å². The van der Waals surface area contributed by atoms with Crippen molar-refractivity contribution in [2.75, 3.05) is 6.61 Å². The molecule has 7 N–H and O–H groups in total. The number of hydrogen-bond donors (Lipinski definition) is 7. The number of aromatic hydroxyl groups is 3. The van der Waals surface area contributed by atoms with E-state index in [0.717, 1.165) is 12.1 Å². The monoisotopic (exact) mass is 450 g/mol. The maximum absolute atomic E-state index is 13.3. The van der Waals surface area contributed by atoms with Crippen LogP contribution in [0, 0.1) is 0 Å². The second kappa shape index (κ2) is 8.54. The highest BCUT2D eigenvalue weighted by Gasteiger charge is 2.49. The fourth-order valence-corrected chi connectivity index (χ4v) is 3.77. The van der Waals surface area contributed by atoms with E-state index in [9.17, 15) is 40.5 Å². The molecule has 0 aliphatic carbocycles. The van der Waals surface area contributed by atoms with Gasteiger partial charge in [0.1, 0.15) is 53.0 Å². The number of carbonyl (C=O) groups is 1. The number of carbonyl (C=O) groups excluding carboxylic acids is 1. The van der Waals surface area contributed by atoms with Crippen molar-refractivity contribution in [3.05, 3.63) is 47.5 Å². The molecular formula is C21H22O11. The molecule has 0 amide bonds.